The largest absolute Gasteiger partial charge is 0.504 e. The highest BCUT2D eigenvalue weighted by Crippen LogP contribution is 2.45. The van der Waals surface area contributed by atoms with E-state index in [-0.39, 0.29) is 17.1 Å². The average Bonchev–Trinajstić information content (AvgIpc) is 2.60. The van der Waals surface area contributed by atoms with Crippen LogP contribution in [0.1, 0.15) is 27.6 Å². The summed E-state index contributed by atoms with van der Waals surface area (Å²) in [7, 11) is 4.47. The van der Waals surface area contributed by atoms with Crippen LogP contribution in [0.5, 0.6) is 23.0 Å². The highest BCUT2D eigenvalue weighted by Gasteiger charge is 2.33. The molecule has 1 heterocycles. The maximum atomic E-state index is 12.4. The second-order valence-electron chi connectivity index (χ2n) is 5.37. The summed E-state index contributed by atoms with van der Waals surface area (Å²) in [6.45, 7) is 0. The Bertz CT molecular complexity index is 766. The fraction of sp³-hybridized carbons (Fsp3) is 0.278. The Morgan fingerprint density at radius 3 is 2.38 bits per heavy atom. The zero-order valence-corrected chi connectivity index (χ0v) is 13.7. The minimum Gasteiger partial charge on any atom is -0.504 e. The molecule has 1 atom stereocenters. The number of phenols is 1. The molecule has 24 heavy (non-hydrogen) atoms. The zero-order valence-electron chi connectivity index (χ0n) is 13.7. The second kappa shape index (κ2) is 6.31. The Labute approximate surface area is 139 Å². The van der Waals surface area contributed by atoms with Gasteiger partial charge in [0.15, 0.2) is 11.5 Å². The Balaban J connectivity index is 2.00. The van der Waals surface area contributed by atoms with Crippen LogP contribution in [0.4, 0.5) is 0 Å². The number of cyclic esters (lactones) is 1. The van der Waals surface area contributed by atoms with Crippen LogP contribution in [0.2, 0.25) is 0 Å². The molecule has 0 bridgehead atoms. The van der Waals surface area contributed by atoms with E-state index in [9.17, 15) is 9.90 Å². The lowest BCUT2D eigenvalue weighted by Gasteiger charge is -2.26. The van der Waals surface area contributed by atoms with E-state index in [4.69, 9.17) is 18.9 Å². The first kappa shape index (κ1) is 16.0. The first-order valence-corrected chi connectivity index (χ1v) is 7.40. The van der Waals surface area contributed by atoms with Gasteiger partial charge in [0.1, 0.15) is 17.4 Å². The molecule has 0 amide bonds. The molecule has 0 saturated carbocycles. The van der Waals surface area contributed by atoms with Gasteiger partial charge < -0.3 is 24.1 Å². The quantitative estimate of drug-likeness (QED) is 0.869. The molecule has 1 unspecified atom stereocenters. The third-order valence-corrected chi connectivity index (χ3v) is 4.07. The first-order chi connectivity index (χ1) is 11.6. The van der Waals surface area contributed by atoms with E-state index in [1.54, 1.807) is 13.2 Å². The summed E-state index contributed by atoms with van der Waals surface area (Å²) in [6.07, 6.45) is -0.00480. The van der Waals surface area contributed by atoms with Crippen molar-refractivity contribution in [3.8, 4) is 23.0 Å². The molecule has 3 rings (SSSR count). The van der Waals surface area contributed by atoms with Crippen LogP contribution in [0.25, 0.3) is 0 Å². The van der Waals surface area contributed by atoms with Gasteiger partial charge in [-0.2, -0.15) is 0 Å². The summed E-state index contributed by atoms with van der Waals surface area (Å²) in [5.74, 6) is 0.374. The molecule has 1 aliphatic heterocycles. The van der Waals surface area contributed by atoms with Gasteiger partial charge in [-0.15, -0.1) is 0 Å². The second-order valence-corrected chi connectivity index (χ2v) is 5.37. The molecular formula is C18H18O6. The van der Waals surface area contributed by atoms with Gasteiger partial charge in [0.2, 0.25) is 5.75 Å². The van der Waals surface area contributed by atoms with Crippen molar-refractivity contribution in [1.82, 2.24) is 0 Å². The topological polar surface area (TPSA) is 74.2 Å². The predicted molar refractivity (Wildman–Crippen MR) is 86.1 cm³/mol. The van der Waals surface area contributed by atoms with Crippen LogP contribution < -0.4 is 14.2 Å². The average molecular weight is 330 g/mol. The third kappa shape index (κ3) is 2.60. The molecule has 126 valence electrons. The van der Waals surface area contributed by atoms with Crippen LogP contribution in [0, 0.1) is 0 Å². The smallest absolute Gasteiger partial charge is 0.342 e. The predicted octanol–water partition coefficient (Wildman–Crippen LogP) is 2.87. The lowest BCUT2D eigenvalue weighted by Crippen LogP contribution is -2.22. The number of benzene rings is 2. The number of carbonyl (C=O) groups is 1. The van der Waals surface area contributed by atoms with Crippen molar-refractivity contribution in [1.29, 1.82) is 0 Å². The van der Waals surface area contributed by atoms with E-state index in [0.717, 1.165) is 11.3 Å². The highest BCUT2D eigenvalue weighted by molar-refractivity contribution is 5.97. The van der Waals surface area contributed by atoms with E-state index in [2.05, 4.69) is 0 Å². The summed E-state index contributed by atoms with van der Waals surface area (Å²) < 4.78 is 21.0. The molecule has 0 saturated heterocycles. The van der Waals surface area contributed by atoms with Crippen molar-refractivity contribution >= 4 is 5.97 Å². The number of fused-ring (bicyclic) bond motifs is 1. The van der Waals surface area contributed by atoms with E-state index >= 15 is 0 Å². The molecule has 2 aromatic rings. The molecule has 0 spiro atoms. The maximum absolute atomic E-state index is 12.4. The number of aromatic hydroxyl groups is 1. The summed E-state index contributed by atoms with van der Waals surface area (Å²) >= 11 is 0. The monoisotopic (exact) mass is 330 g/mol. The third-order valence-electron chi connectivity index (χ3n) is 4.07. The van der Waals surface area contributed by atoms with Crippen LogP contribution in [-0.2, 0) is 11.2 Å². The summed E-state index contributed by atoms with van der Waals surface area (Å²) in [6, 6.07) is 9.02. The van der Waals surface area contributed by atoms with Crippen molar-refractivity contribution in [3.05, 3.63) is 47.0 Å². The van der Waals surface area contributed by atoms with Crippen molar-refractivity contribution in [2.75, 3.05) is 21.3 Å². The van der Waals surface area contributed by atoms with Crippen molar-refractivity contribution in [2.45, 2.75) is 12.5 Å². The van der Waals surface area contributed by atoms with Crippen LogP contribution >= 0.6 is 0 Å². The minimum atomic E-state index is -0.587. The number of ether oxygens (including phenoxy) is 4. The van der Waals surface area contributed by atoms with Gasteiger partial charge in [-0.05, 0) is 29.3 Å². The van der Waals surface area contributed by atoms with Gasteiger partial charge in [0.05, 0.1) is 21.3 Å². The molecule has 6 heteroatoms. The molecule has 6 nitrogen and oxygen atoms in total. The molecule has 0 aliphatic carbocycles. The summed E-state index contributed by atoms with van der Waals surface area (Å²) in [5.41, 5.74) is 1.63. The Morgan fingerprint density at radius 1 is 1.08 bits per heavy atom. The van der Waals surface area contributed by atoms with E-state index in [1.807, 2.05) is 24.3 Å². The number of rotatable bonds is 4. The van der Waals surface area contributed by atoms with E-state index < -0.39 is 12.1 Å². The first-order valence-electron chi connectivity index (χ1n) is 7.40. The van der Waals surface area contributed by atoms with Crippen LogP contribution in [0.3, 0.4) is 0 Å². The van der Waals surface area contributed by atoms with Crippen LogP contribution in [0.15, 0.2) is 30.3 Å². The standard InChI is InChI=1S/C18H18O6/c1-21-12-6-4-10(5-7-12)13-8-11-9-14(22-2)17(23-3)16(19)15(11)18(20)24-13/h4-7,9,13,19H,8H2,1-3H3. The number of phenolic OH excluding ortho intramolecular Hbond substituents is 1. The number of hydrogen-bond acceptors (Lipinski definition) is 6. The molecule has 0 radical (unpaired) electrons. The van der Waals surface area contributed by atoms with Crippen molar-refractivity contribution in [2.24, 2.45) is 0 Å². The SMILES string of the molecule is COc1ccc(C2Cc3cc(OC)c(OC)c(O)c3C(=O)O2)cc1. The Morgan fingerprint density at radius 2 is 1.79 bits per heavy atom. The molecule has 1 N–H and O–H groups in total. The van der Waals surface area contributed by atoms with Crippen LogP contribution in [-0.4, -0.2) is 32.4 Å². The minimum absolute atomic E-state index is 0.121. The zero-order chi connectivity index (χ0) is 17.3. The van der Waals surface area contributed by atoms with E-state index in [0.29, 0.717) is 17.7 Å². The van der Waals surface area contributed by atoms with Gasteiger partial charge in [-0.3, -0.25) is 0 Å². The number of carbonyl (C=O) groups excluding carboxylic acids is 1. The molecule has 0 fully saturated rings. The lowest BCUT2D eigenvalue weighted by atomic mass is 9.93. The van der Waals surface area contributed by atoms with Gasteiger partial charge in [-0.1, -0.05) is 12.1 Å². The van der Waals surface area contributed by atoms with Gasteiger partial charge in [-0.25, -0.2) is 4.79 Å². The Kier molecular flexibility index (Phi) is 4.20. The number of hydrogen-bond donors (Lipinski definition) is 1. The number of esters is 1. The number of methoxy groups -OCH3 is 3. The van der Waals surface area contributed by atoms with Gasteiger partial charge >= 0.3 is 5.97 Å². The normalized spacial score (nSPS) is 16.1. The fourth-order valence-electron chi connectivity index (χ4n) is 2.85. The lowest BCUT2D eigenvalue weighted by molar-refractivity contribution is 0.0247. The summed E-state index contributed by atoms with van der Waals surface area (Å²) in [4.78, 5) is 12.4. The summed E-state index contributed by atoms with van der Waals surface area (Å²) in [5, 5.41) is 10.3. The van der Waals surface area contributed by atoms with Gasteiger partial charge in [0, 0.05) is 6.42 Å². The molecular weight excluding hydrogens is 312 g/mol. The van der Waals surface area contributed by atoms with Gasteiger partial charge in [0.25, 0.3) is 0 Å². The van der Waals surface area contributed by atoms with E-state index in [1.165, 1.54) is 14.2 Å². The fourth-order valence-corrected chi connectivity index (χ4v) is 2.85. The molecule has 2 aromatic carbocycles. The Hall–Kier alpha value is -2.89. The van der Waals surface area contributed by atoms with Crippen molar-refractivity contribution < 1.29 is 28.8 Å². The molecule has 0 aromatic heterocycles. The van der Waals surface area contributed by atoms with Crippen molar-refractivity contribution in [3.63, 3.8) is 0 Å². The molecule has 1 aliphatic rings. The highest BCUT2D eigenvalue weighted by atomic mass is 16.5. The maximum Gasteiger partial charge on any atom is 0.342 e.